The lowest BCUT2D eigenvalue weighted by atomic mass is 10.1. The second kappa shape index (κ2) is 14.1. The molecule has 1 aliphatic rings. The van der Waals surface area contributed by atoms with Crippen molar-refractivity contribution in [2.45, 2.75) is 42.3 Å². The van der Waals surface area contributed by atoms with Crippen LogP contribution in [0.2, 0.25) is 0 Å². The number of benzene rings is 2. The van der Waals surface area contributed by atoms with Crippen LogP contribution >= 0.6 is 23.1 Å². The summed E-state index contributed by atoms with van der Waals surface area (Å²) >= 11 is 2.76. The van der Waals surface area contributed by atoms with Gasteiger partial charge in [0.1, 0.15) is 11.6 Å². The second-order valence-electron chi connectivity index (χ2n) is 10.3. The number of nitrogens with one attached hydrogen (secondary N) is 1. The lowest BCUT2D eigenvalue weighted by Gasteiger charge is -2.23. The third-order valence-corrected chi connectivity index (χ3v) is 9.05. The van der Waals surface area contributed by atoms with Crippen LogP contribution in [0.4, 0.5) is 9.52 Å². The van der Waals surface area contributed by atoms with E-state index in [4.69, 9.17) is 4.74 Å². The van der Waals surface area contributed by atoms with Crippen molar-refractivity contribution in [1.29, 1.82) is 0 Å². The third-order valence-electron chi connectivity index (χ3n) is 6.88. The Bertz CT molecular complexity index is 1460. The molecule has 9 nitrogen and oxygen atoms in total. The van der Waals surface area contributed by atoms with Crippen LogP contribution in [0.5, 0.6) is 5.75 Å². The number of rotatable bonds is 9. The van der Waals surface area contributed by atoms with E-state index < -0.39 is 0 Å². The molecular formula is C30H36FN5O4S2. The van der Waals surface area contributed by atoms with Crippen molar-refractivity contribution in [1.82, 2.24) is 19.7 Å². The zero-order valence-electron chi connectivity index (χ0n) is 24.5. The van der Waals surface area contributed by atoms with Gasteiger partial charge in [-0.1, -0.05) is 30.0 Å². The quantitative estimate of drug-likeness (QED) is 0.357. The predicted octanol–water partition coefficient (Wildman–Crippen LogP) is 5.15. The molecule has 0 spiro atoms. The average Bonchev–Trinajstić information content (AvgIpc) is 3.25. The molecule has 1 N–H and O–H groups in total. The first-order valence-electron chi connectivity index (χ1n) is 13.7. The molecular weight excluding hydrogens is 577 g/mol. The number of nitrogens with zero attached hydrogens (tertiary/aromatic N) is 4. The zero-order chi connectivity index (χ0) is 30.4. The summed E-state index contributed by atoms with van der Waals surface area (Å²) in [5.41, 5.74) is 2.18. The highest BCUT2D eigenvalue weighted by atomic mass is 32.2. The minimum Gasteiger partial charge on any atom is -0.496 e. The molecule has 3 aromatic rings. The highest BCUT2D eigenvalue weighted by Gasteiger charge is 2.25. The molecule has 1 aliphatic heterocycles. The van der Waals surface area contributed by atoms with Crippen LogP contribution in [0.25, 0.3) is 0 Å². The molecule has 224 valence electrons. The first-order valence-corrected chi connectivity index (χ1v) is 15.4. The fourth-order valence-corrected chi connectivity index (χ4v) is 6.63. The Morgan fingerprint density at radius 1 is 1.12 bits per heavy atom. The van der Waals surface area contributed by atoms with Gasteiger partial charge in [0.2, 0.25) is 5.91 Å². The van der Waals surface area contributed by atoms with Crippen LogP contribution in [0.1, 0.15) is 51.6 Å². The number of ether oxygens (including phenoxy) is 1. The van der Waals surface area contributed by atoms with Crippen LogP contribution in [0, 0.1) is 12.7 Å². The molecule has 2 heterocycles. The number of carbonyl (C=O) groups excluding carboxylic acids is 3. The fourth-order valence-electron chi connectivity index (χ4n) is 4.69. The largest absolute Gasteiger partial charge is 0.496 e. The molecule has 2 aromatic carbocycles. The third kappa shape index (κ3) is 7.67. The van der Waals surface area contributed by atoms with Crippen molar-refractivity contribution in [2.24, 2.45) is 0 Å². The molecule has 0 atom stereocenters. The molecule has 12 heteroatoms. The van der Waals surface area contributed by atoms with Gasteiger partial charge in [0.05, 0.1) is 23.1 Å². The van der Waals surface area contributed by atoms with E-state index in [-0.39, 0.29) is 23.5 Å². The molecule has 1 aromatic heterocycles. The standard InChI is InChI=1S/C30H36FN5O4S2/c1-6-26(37)35-10-7-11-36(13-12-35)29(39)22-16-25(19(2)14-24(22)40-5)41-27-17-32-30(42-27)33-28(38)20-8-9-23(31)21(15-20)18-34(3)4/h8-9,14-17H,6-7,10-13,18H2,1-5H3,(H,32,33,38). The second-order valence-corrected chi connectivity index (χ2v) is 12.7. The Balaban J connectivity index is 1.48. The van der Waals surface area contributed by atoms with E-state index in [2.05, 4.69) is 10.3 Å². The van der Waals surface area contributed by atoms with Gasteiger partial charge >= 0.3 is 0 Å². The summed E-state index contributed by atoms with van der Waals surface area (Å²) in [7, 11) is 5.22. The molecule has 0 saturated carbocycles. The molecule has 0 bridgehead atoms. The summed E-state index contributed by atoms with van der Waals surface area (Å²) < 4.78 is 20.6. The summed E-state index contributed by atoms with van der Waals surface area (Å²) in [6, 6.07) is 7.99. The van der Waals surface area contributed by atoms with E-state index in [1.54, 1.807) is 24.3 Å². The van der Waals surface area contributed by atoms with Crippen molar-refractivity contribution in [2.75, 3.05) is 52.7 Å². The van der Waals surface area contributed by atoms with Crippen LogP contribution in [-0.4, -0.2) is 84.8 Å². The molecule has 1 fully saturated rings. The molecule has 3 amide bonds. The van der Waals surface area contributed by atoms with Crippen LogP contribution in [-0.2, 0) is 11.3 Å². The van der Waals surface area contributed by atoms with Gasteiger partial charge in [0.25, 0.3) is 11.8 Å². The molecule has 0 unspecified atom stereocenters. The lowest BCUT2D eigenvalue weighted by molar-refractivity contribution is -0.130. The highest BCUT2D eigenvalue weighted by molar-refractivity contribution is 8.01. The van der Waals surface area contributed by atoms with Crippen LogP contribution in [0.15, 0.2) is 45.6 Å². The van der Waals surface area contributed by atoms with Gasteiger partial charge in [-0.05, 0) is 63.3 Å². The first kappa shape index (κ1) is 31.5. The maximum absolute atomic E-state index is 14.2. The summed E-state index contributed by atoms with van der Waals surface area (Å²) in [5, 5.41) is 3.22. The highest BCUT2D eigenvalue weighted by Crippen LogP contribution is 2.38. The number of hydrogen-bond donors (Lipinski definition) is 1. The monoisotopic (exact) mass is 613 g/mol. The van der Waals surface area contributed by atoms with E-state index in [1.807, 2.05) is 49.9 Å². The Labute approximate surface area is 254 Å². The fraction of sp³-hybridized carbons (Fsp3) is 0.400. The van der Waals surface area contributed by atoms with Gasteiger partial charge in [-0.2, -0.15) is 0 Å². The zero-order valence-corrected chi connectivity index (χ0v) is 26.2. The molecule has 1 saturated heterocycles. The van der Waals surface area contributed by atoms with Crippen LogP contribution in [0.3, 0.4) is 0 Å². The van der Waals surface area contributed by atoms with E-state index in [1.165, 1.54) is 35.2 Å². The van der Waals surface area contributed by atoms with E-state index in [0.717, 1.165) is 21.1 Å². The topological polar surface area (TPSA) is 95.1 Å². The number of hydrogen-bond acceptors (Lipinski definition) is 8. The van der Waals surface area contributed by atoms with E-state index in [0.29, 0.717) is 66.7 Å². The first-order chi connectivity index (χ1) is 20.1. The Morgan fingerprint density at radius 3 is 2.57 bits per heavy atom. The van der Waals surface area contributed by atoms with Gasteiger partial charge in [-0.15, -0.1) is 0 Å². The Hall–Kier alpha value is -3.48. The summed E-state index contributed by atoms with van der Waals surface area (Å²) in [4.78, 5) is 49.3. The van der Waals surface area contributed by atoms with Gasteiger partial charge < -0.3 is 19.4 Å². The van der Waals surface area contributed by atoms with Crippen molar-refractivity contribution in [3.8, 4) is 5.75 Å². The normalized spacial score (nSPS) is 13.7. The van der Waals surface area contributed by atoms with Gasteiger partial charge in [-0.25, -0.2) is 9.37 Å². The Kier molecular flexibility index (Phi) is 10.6. The number of aromatic nitrogens is 1. The average molecular weight is 614 g/mol. The maximum atomic E-state index is 14.2. The van der Waals surface area contributed by atoms with Crippen molar-refractivity contribution >= 4 is 46.0 Å². The maximum Gasteiger partial charge on any atom is 0.257 e. The van der Waals surface area contributed by atoms with Gasteiger partial charge in [-0.3, -0.25) is 19.7 Å². The van der Waals surface area contributed by atoms with Crippen molar-refractivity contribution in [3.05, 3.63) is 64.6 Å². The summed E-state index contributed by atoms with van der Waals surface area (Å²) in [6.45, 7) is 6.36. The molecule has 0 aliphatic carbocycles. The van der Waals surface area contributed by atoms with Crippen molar-refractivity contribution < 1.29 is 23.5 Å². The number of thiazole rings is 1. The smallest absolute Gasteiger partial charge is 0.257 e. The van der Waals surface area contributed by atoms with Gasteiger partial charge in [0.15, 0.2) is 5.13 Å². The minimum absolute atomic E-state index is 0.0998. The number of anilines is 1. The van der Waals surface area contributed by atoms with E-state index in [9.17, 15) is 18.8 Å². The SMILES string of the molecule is CCC(=O)N1CCCN(C(=O)c2cc(Sc3cnc(NC(=O)c4ccc(F)c(CN(C)C)c4)s3)c(C)cc2OC)CC1. The van der Waals surface area contributed by atoms with Crippen molar-refractivity contribution in [3.63, 3.8) is 0 Å². The predicted molar refractivity (Wildman–Crippen MR) is 163 cm³/mol. The number of halogens is 1. The molecule has 42 heavy (non-hydrogen) atoms. The van der Waals surface area contributed by atoms with Gasteiger partial charge in [0, 0.05) is 55.2 Å². The number of methoxy groups -OCH3 is 1. The lowest BCUT2D eigenvalue weighted by Crippen LogP contribution is -2.37. The Morgan fingerprint density at radius 2 is 1.86 bits per heavy atom. The molecule has 0 radical (unpaired) electrons. The number of amides is 3. The minimum atomic E-state index is -0.369. The summed E-state index contributed by atoms with van der Waals surface area (Å²) in [6.07, 6.45) is 2.84. The number of carbonyl (C=O) groups is 3. The summed E-state index contributed by atoms with van der Waals surface area (Å²) in [5.74, 6) is -0.262. The van der Waals surface area contributed by atoms with E-state index >= 15 is 0 Å². The van der Waals surface area contributed by atoms with Crippen LogP contribution < -0.4 is 10.1 Å². The molecule has 4 rings (SSSR count). The number of aryl methyl sites for hydroxylation is 1.